The number of carbonyl (C=O) groups is 3. The predicted molar refractivity (Wildman–Crippen MR) is 105 cm³/mol. The van der Waals surface area contributed by atoms with Crippen LogP contribution in [0.15, 0.2) is 11.8 Å². The molecule has 0 aromatic heterocycles. The molecule has 2 heterocycles. The van der Waals surface area contributed by atoms with Gasteiger partial charge >= 0.3 is 17.9 Å². The van der Waals surface area contributed by atoms with Gasteiger partial charge < -0.3 is 23.7 Å². The van der Waals surface area contributed by atoms with E-state index in [1.807, 2.05) is 27.7 Å². The third-order valence-corrected chi connectivity index (χ3v) is 5.72. The zero-order chi connectivity index (χ0) is 22.1. The Hall–Kier alpha value is -2.09. The lowest BCUT2D eigenvalue weighted by Crippen LogP contribution is -2.45. The molecule has 1 spiro atoms. The molecule has 3 rings (SSSR count). The van der Waals surface area contributed by atoms with E-state index in [0.717, 1.165) is 5.57 Å². The Balaban J connectivity index is 1.77. The van der Waals surface area contributed by atoms with Crippen LogP contribution in [0.1, 0.15) is 53.9 Å². The van der Waals surface area contributed by atoms with Crippen LogP contribution < -0.4 is 0 Å². The van der Waals surface area contributed by atoms with Gasteiger partial charge in [-0.05, 0) is 18.3 Å². The van der Waals surface area contributed by atoms with Crippen molar-refractivity contribution < 1.29 is 38.1 Å². The number of fused-ring (bicyclic) bond motifs is 2. The first-order valence-electron chi connectivity index (χ1n) is 10.6. The minimum atomic E-state index is -0.834. The number of hydrogen-bond donors (Lipinski definition) is 0. The SMILES string of the molecule is CC(=O)O[C@H]1C[C@@H]2C(COC(=O)CC(C)C)=CO[C@H](OC(=O)CC(C)C)[C@@H]2C12CO2. The lowest BCUT2D eigenvalue weighted by atomic mass is 9.83. The molecule has 8 heteroatoms. The van der Waals surface area contributed by atoms with E-state index in [4.69, 9.17) is 23.7 Å². The molecular weight excluding hydrogens is 392 g/mol. The molecule has 1 unspecified atom stereocenters. The summed E-state index contributed by atoms with van der Waals surface area (Å²) in [5.74, 6) is -1.13. The maximum absolute atomic E-state index is 12.3. The Morgan fingerprint density at radius 2 is 1.73 bits per heavy atom. The molecule has 0 radical (unpaired) electrons. The highest BCUT2D eigenvalue weighted by Gasteiger charge is 2.70. The van der Waals surface area contributed by atoms with E-state index in [1.165, 1.54) is 13.2 Å². The predicted octanol–water partition coefficient (Wildman–Crippen LogP) is 2.74. The molecule has 2 aliphatic heterocycles. The Bertz CT molecular complexity index is 706. The van der Waals surface area contributed by atoms with Crippen molar-refractivity contribution in [3.63, 3.8) is 0 Å². The number of carbonyl (C=O) groups excluding carboxylic acids is 3. The van der Waals surface area contributed by atoms with Crippen LogP contribution in [-0.4, -0.2) is 49.1 Å². The number of ether oxygens (including phenoxy) is 5. The van der Waals surface area contributed by atoms with E-state index in [1.54, 1.807) is 0 Å². The van der Waals surface area contributed by atoms with Crippen molar-refractivity contribution in [2.24, 2.45) is 23.7 Å². The maximum atomic E-state index is 12.3. The first kappa shape index (κ1) is 22.6. The van der Waals surface area contributed by atoms with Crippen LogP contribution in [0.2, 0.25) is 0 Å². The van der Waals surface area contributed by atoms with Crippen molar-refractivity contribution in [2.75, 3.05) is 13.2 Å². The van der Waals surface area contributed by atoms with Gasteiger partial charge in [-0.3, -0.25) is 14.4 Å². The fourth-order valence-corrected chi connectivity index (χ4v) is 4.38. The van der Waals surface area contributed by atoms with Gasteiger partial charge in [0.2, 0.25) is 6.29 Å². The Morgan fingerprint density at radius 3 is 2.30 bits per heavy atom. The number of epoxide rings is 1. The lowest BCUT2D eigenvalue weighted by Gasteiger charge is -2.35. The average Bonchev–Trinajstić information content (AvgIpc) is 3.33. The highest BCUT2D eigenvalue weighted by Crippen LogP contribution is 2.57. The zero-order valence-corrected chi connectivity index (χ0v) is 18.3. The number of rotatable bonds is 8. The Morgan fingerprint density at radius 1 is 1.10 bits per heavy atom. The fraction of sp³-hybridized carbons (Fsp3) is 0.773. The van der Waals surface area contributed by atoms with Crippen LogP contribution in [0.25, 0.3) is 0 Å². The van der Waals surface area contributed by atoms with Crippen molar-refractivity contribution in [1.29, 1.82) is 0 Å². The molecule has 0 aromatic carbocycles. The van der Waals surface area contributed by atoms with Gasteiger partial charge in [0.05, 0.1) is 18.8 Å². The van der Waals surface area contributed by atoms with Crippen LogP contribution in [0.5, 0.6) is 0 Å². The van der Waals surface area contributed by atoms with Gasteiger partial charge in [-0.1, -0.05) is 27.7 Å². The molecule has 168 valence electrons. The summed E-state index contributed by atoms with van der Waals surface area (Å²) >= 11 is 0. The summed E-state index contributed by atoms with van der Waals surface area (Å²) in [6.45, 7) is 9.62. The molecule has 0 N–H and O–H groups in total. The second-order valence-electron chi connectivity index (χ2n) is 9.25. The molecule has 3 aliphatic rings. The van der Waals surface area contributed by atoms with Crippen molar-refractivity contribution >= 4 is 17.9 Å². The maximum Gasteiger partial charge on any atom is 0.309 e. The monoisotopic (exact) mass is 424 g/mol. The molecule has 2 fully saturated rings. The summed E-state index contributed by atoms with van der Waals surface area (Å²) in [6.07, 6.45) is 1.33. The molecule has 0 bridgehead atoms. The van der Waals surface area contributed by atoms with Gasteiger partial charge in [-0.25, -0.2) is 0 Å². The summed E-state index contributed by atoms with van der Waals surface area (Å²) in [7, 11) is 0. The third-order valence-electron chi connectivity index (χ3n) is 5.72. The van der Waals surface area contributed by atoms with Gasteiger partial charge in [0.25, 0.3) is 0 Å². The largest absolute Gasteiger partial charge is 0.462 e. The van der Waals surface area contributed by atoms with Gasteiger partial charge in [0, 0.05) is 31.3 Å². The van der Waals surface area contributed by atoms with Crippen molar-refractivity contribution in [2.45, 2.75) is 71.9 Å². The number of hydrogen-bond acceptors (Lipinski definition) is 8. The van der Waals surface area contributed by atoms with Crippen molar-refractivity contribution in [3.8, 4) is 0 Å². The van der Waals surface area contributed by atoms with Crippen molar-refractivity contribution in [1.82, 2.24) is 0 Å². The fourth-order valence-electron chi connectivity index (χ4n) is 4.38. The van der Waals surface area contributed by atoms with Gasteiger partial charge in [0.1, 0.15) is 18.3 Å². The highest BCUT2D eigenvalue weighted by molar-refractivity contribution is 5.70. The summed E-state index contributed by atoms with van der Waals surface area (Å²) in [4.78, 5) is 35.9. The molecule has 1 saturated carbocycles. The average molecular weight is 424 g/mol. The van der Waals surface area contributed by atoms with Crippen LogP contribution in [0.4, 0.5) is 0 Å². The van der Waals surface area contributed by atoms with Crippen molar-refractivity contribution in [3.05, 3.63) is 11.8 Å². The van der Waals surface area contributed by atoms with Gasteiger partial charge in [-0.2, -0.15) is 0 Å². The minimum Gasteiger partial charge on any atom is -0.462 e. The first-order valence-corrected chi connectivity index (χ1v) is 10.6. The molecule has 30 heavy (non-hydrogen) atoms. The van der Waals surface area contributed by atoms with Gasteiger partial charge in [-0.15, -0.1) is 0 Å². The standard InChI is InChI=1S/C22H32O8/c1-12(2)6-18(24)26-9-15-10-27-21(30-19(25)7-13(3)4)20-16(15)8-17(29-14(5)23)22(20)11-28-22/h10,12-13,16-17,20-21H,6-9,11H2,1-5H3/t16-,17+,20-,21-,22?/m1/s1. The molecule has 1 saturated heterocycles. The Labute approximate surface area is 177 Å². The van der Waals surface area contributed by atoms with E-state index in [0.29, 0.717) is 19.4 Å². The van der Waals surface area contributed by atoms with E-state index in [-0.39, 0.29) is 48.6 Å². The van der Waals surface area contributed by atoms with E-state index in [2.05, 4.69) is 0 Å². The molecule has 8 nitrogen and oxygen atoms in total. The Kier molecular flexibility index (Phi) is 6.75. The van der Waals surface area contributed by atoms with Crippen LogP contribution in [0, 0.1) is 23.7 Å². The second-order valence-corrected chi connectivity index (χ2v) is 9.25. The first-order chi connectivity index (χ1) is 14.1. The van der Waals surface area contributed by atoms with E-state index < -0.39 is 24.0 Å². The smallest absolute Gasteiger partial charge is 0.309 e. The summed E-state index contributed by atoms with van der Waals surface area (Å²) in [5.41, 5.74) is 0.0402. The van der Waals surface area contributed by atoms with E-state index >= 15 is 0 Å². The topological polar surface area (TPSA) is 101 Å². The summed E-state index contributed by atoms with van der Waals surface area (Å²) < 4.78 is 28.2. The quantitative estimate of drug-likeness (QED) is 0.333. The summed E-state index contributed by atoms with van der Waals surface area (Å²) in [6, 6.07) is 0. The third kappa shape index (κ3) is 4.96. The second kappa shape index (κ2) is 8.96. The highest BCUT2D eigenvalue weighted by atomic mass is 16.7. The molecule has 0 aromatic rings. The molecule has 5 atom stereocenters. The summed E-state index contributed by atoms with van der Waals surface area (Å²) in [5, 5.41) is 0. The molecule has 1 aliphatic carbocycles. The zero-order valence-electron chi connectivity index (χ0n) is 18.3. The van der Waals surface area contributed by atoms with Crippen LogP contribution in [-0.2, 0) is 38.1 Å². The molecule has 0 amide bonds. The molecular formula is C22H32O8. The van der Waals surface area contributed by atoms with Crippen LogP contribution in [0.3, 0.4) is 0 Å². The minimum absolute atomic E-state index is 0.0856. The van der Waals surface area contributed by atoms with E-state index in [9.17, 15) is 14.4 Å². The normalized spacial score (nSPS) is 31.8. The lowest BCUT2D eigenvalue weighted by molar-refractivity contribution is -0.192. The van der Waals surface area contributed by atoms with Gasteiger partial charge in [0.15, 0.2) is 0 Å². The number of esters is 3. The van der Waals surface area contributed by atoms with Crippen LogP contribution >= 0.6 is 0 Å².